The van der Waals surface area contributed by atoms with Gasteiger partial charge in [-0.1, -0.05) is 20.8 Å². The van der Waals surface area contributed by atoms with E-state index in [0.29, 0.717) is 5.78 Å². The van der Waals surface area contributed by atoms with Crippen molar-refractivity contribution < 1.29 is 4.79 Å². The Labute approximate surface area is 101 Å². The van der Waals surface area contributed by atoms with Gasteiger partial charge in [0.1, 0.15) is 5.78 Å². The maximum Gasteiger partial charge on any atom is 0.138 e. The Morgan fingerprint density at radius 1 is 1.00 bits per heavy atom. The molecule has 2 heteroatoms. The fourth-order valence-electron chi connectivity index (χ4n) is 1.34. The average Bonchev–Trinajstić information content (AvgIpc) is 2.08. The van der Waals surface area contributed by atoms with Gasteiger partial charge in [0, 0.05) is 17.4 Å². The van der Waals surface area contributed by atoms with Crippen molar-refractivity contribution in [3.63, 3.8) is 0 Å². The first kappa shape index (κ1) is 15.6. The second-order valence-electron chi connectivity index (χ2n) is 6.72. The van der Waals surface area contributed by atoms with Crippen molar-refractivity contribution in [2.75, 3.05) is 13.6 Å². The van der Waals surface area contributed by atoms with Crippen molar-refractivity contribution in [1.29, 1.82) is 0 Å². The third-order valence-electron chi connectivity index (χ3n) is 3.13. The summed E-state index contributed by atoms with van der Waals surface area (Å²) >= 11 is 0. The molecule has 0 heterocycles. The summed E-state index contributed by atoms with van der Waals surface area (Å²) in [6.07, 6.45) is 2.84. The zero-order chi connectivity index (χ0) is 13.0. The van der Waals surface area contributed by atoms with Gasteiger partial charge in [0.2, 0.25) is 0 Å². The Bertz CT molecular complexity index is 220. The van der Waals surface area contributed by atoms with Crippen molar-refractivity contribution in [3.8, 4) is 0 Å². The molecule has 0 aromatic carbocycles. The van der Waals surface area contributed by atoms with Gasteiger partial charge in [0.15, 0.2) is 0 Å². The topological polar surface area (TPSA) is 20.3 Å². The van der Waals surface area contributed by atoms with E-state index in [1.807, 2.05) is 20.8 Å². The minimum atomic E-state index is -0.171. The van der Waals surface area contributed by atoms with Gasteiger partial charge in [0.05, 0.1) is 0 Å². The summed E-state index contributed by atoms with van der Waals surface area (Å²) in [5.74, 6) is 0.380. The smallest absolute Gasteiger partial charge is 0.138 e. The summed E-state index contributed by atoms with van der Waals surface area (Å²) in [6, 6.07) is 0. The summed E-state index contributed by atoms with van der Waals surface area (Å²) in [7, 11) is 2.14. The number of hydrogen-bond donors (Lipinski definition) is 0. The number of Topliss-reactive ketones (excluding diaryl/α,β-unsaturated/α-hetero) is 1. The highest BCUT2D eigenvalue weighted by Gasteiger charge is 2.20. The van der Waals surface area contributed by atoms with E-state index in [-0.39, 0.29) is 11.0 Å². The molecule has 0 unspecified atom stereocenters. The first-order valence-electron chi connectivity index (χ1n) is 6.29. The Kier molecular flexibility index (Phi) is 5.67. The minimum absolute atomic E-state index is 0.171. The van der Waals surface area contributed by atoms with Crippen LogP contribution in [-0.4, -0.2) is 29.8 Å². The molecular formula is C14H29NO. The summed E-state index contributed by atoms with van der Waals surface area (Å²) < 4.78 is 0. The summed E-state index contributed by atoms with van der Waals surface area (Å²) in [5, 5.41) is 0. The second-order valence-corrected chi connectivity index (χ2v) is 6.72. The van der Waals surface area contributed by atoms with E-state index in [0.717, 1.165) is 25.8 Å². The standard InChI is InChI=1S/C14H29NO/c1-13(2,3)12(16)10-8-9-11-15(7)14(4,5)6/h8-11H2,1-7H3. The lowest BCUT2D eigenvalue weighted by Gasteiger charge is -2.31. The van der Waals surface area contributed by atoms with Crippen molar-refractivity contribution in [1.82, 2.24) is 4.90 Å². The molecule has 0 saturated carbocycles. The first-order chi connectivity index (χ1) is 7.05. The molecule has 96 valence electrons. The van der Waals surface area contributed by atoms with Crippen molar-refractivity contribution in [2.45, 2.75) is 66.3 Å². The van der Waals surface area contributed by atoms with Crippen LogP contribution in [0.4, 0.5) is 0 Å². The molecule has 0 aliphatic rings. The van der Waals surface area contributed by atoms with Crippen molar-refractivity contribution in [2.24, 2.45) is 5.41 Å². The molecule has 0 aromatic heterocycles. The van der Waals surface area contributed by atoms with Crippen LogP contribution in [0.3, 0.4) is 0 Å². The highest BCUT2D eigenvalue weighted by Crippen LogP contribution is 2.18. The number of carbonyl (C=O) groups is 1. The molecule has 0 aliphatic heterocycles. The van der Waals surface area contributed by atoms with E-state index < -0.39 is 0 Å². The summed E-state index contributed by atoms with van der Waals surface area (Å²) in [4.78, 5) is 14.0. The molecule has 0 fully saturated rings. The number of unbranched alkanes of at least 4 members (excludes halogenated alkanes) is 1. The van der Waals surface area contributed by atoms with Crippen LogP contribution in [0.15, 0.2) is 0 Å². The molecule has 2 nitrogen and oxygen atoms in total. The lowest BCUT2D eigenvalue weighted by Crippen LogP contribution is -2.38. The molecule has 0 radical (unpaired) electrons. The lowest BCUT2D eigenvalue weighted by atomic mass is 9.88. The summed E-state index contributed by atoms with van der Waals surface area (Å²) in [5.41, 5.74) is 0.0595. The van der Waals surface area contributed by atoms with E-state index >= 15 is 0 Å². The normalized spacial score (nSPS) is 13.2. The Hall–Kier alpha value is -0.370. The number of ketones is 1. The molecule has 0 bridgehead atoms. The maximum absolute atomic E-state index is 11.7. The van der Waals surface area contributed by atoms with E-state index in [2.05, 4.69) is 32.7 Å². The summed E-state index contributed by atoms with van der Waals surface area (Å²) in [6.45, 7) is 13.7. The van der Waals surface area contributed by atoms with Crippen LogP contribution in [0.2, 0.25) is 0 Å². The fraction of sp³-hybridized carbons (Fsp3) is 0.929. The third kappa shape index (κ3) is 6.26. The van der Waals surface area contributed by atoms with Crippen LogP contribution in [0.25, 0.3) is 0 Å². The number of rotatable bonds is 5. The lowest BCUT2D eigenvalue weighted by molar-refractivity contribution is -0.126. The highest BCUT2D eigenvalue weighted by molar-refractivity contribution is 5.83. The average molecular weight is 227 g/mol. The number of hydrogen-bond acceptors (Lipinski definition) is 2. The Morgan fingerprint density at radius 3 is 1.88 bits per heavy atom. The number of carbonyl (C=O) groups excluding carboxylic acids is 1. The van der Waals surface area contributed by atoms with Crippen LogP contribution in [0, 0.1) is 5.41 Å². The highest BCUT2D eigenvalue weighted by atomic mass is 16.1. The predicted molar refractivity (Wildman–Crippen MR) is 70.7 cm³/mol. The molecule has 0 aromatic rings. The van der Waals surface area contributed by atoms with Crippen LogP contribution < -0.4 is 0 Å². The first-order valence-corrected chi connectivity index (χ1v) is 6.29. The molecule has 0 atom stereocenters. The van der Waals surface area contributed by atoms with E-state index in [9.17, 15) is 4.79 Å². The largest absolute Gasteiger partial charge is 0.302 e. The van der Waals surface area contributed by atoms with Crippen LogP contribution in [-0.2, 0) is 4.79 Å². The van der Waals surface area contributed by atoms with Gasteiger partial charge in [-0.2, -0.15) is 0 Å². The van der Waals surface area contributed by atoms with Gasteiger partial charge in [-0.25, -0.2) is 0 Å². The fourth-order valence-corrected chi connectivity index (χ4v) is 1.34. The maximum atomic E-state index is 11.7. The third-order valence-corrected chi connectivity index (χ3v) is 3.13. The van der Waals surface area contributed by atoms with Gasteiger partial charge >= 0.3 is 0 Å². The zero-order valence-electron chi connectivity index (χ0n) is 12.2. The Balaban J connectivity index is 3.74. The van der Waals surface area contributed by atoms with Gasteiger partial charge < -0.3 is 4.90 Å². The molecule has 0 rings (SSSR count). The molecule has 0 aliphatic carbocycles. The molecule has 16 heavy (non-hydrogen) atoms. The van der Waals surface area contributed by atoms with Crippen LogP contribution in [0.1, 0.15) is 60.8 Å². The van der Waals surface area contributed by atoms with Gasteiger partial charge in [-0.05, 0) is 47.2 Å². The van der Waals surface area contributed by atoms with Crippen molar-refractivity contribution in [3.05, 3.63) is 0 Å². The quantitative estimate of drug-likeness (QED) is 0.670. The predicted octanol–water partition coefficient (Wildman–Crippen LogP) is 3.50. The zero-order valence-corrected chi connectivity index (χ0v) is 12.2. The van der Waals surface area contributed by atoms with Crippen LogP contribution >= 0.6 is 0 Å². The van der Waals surface area contributed by atoms with E-state index in [1.54, 1.807) is 0 Å². The van der Waals surface area contributed by atoms with Crippen LogP contribution in [0.5, 0.6) is 0 Å². The van der Waals surface area contributed by atoms with Crippen molar-refractivity contribution >= 4 is 5.78 Å². The molecule has 0 amide bonds. The Morgan fingerprint density at radius 2 is 1.50 bits per heavy atom. The van der Waals surface area contributed by atoms with Gasteiger partial charge in [-0.15, -0.1) is 0 Å². The monoisotopic (exact) mass is 227 g/mol. The minimum Gasteiger partial charge on any atom is -0.302 e. The molecule has 0 spiro atoms. The van der Waals surface area contributed by atoms with E-state index in [4.69, 9.17) is 0 Å². The second kappa shape index (κ2) is 5.81. The van der Waals surface area contributed by atoms with Gasteiger partial charge in [-0.3, -0.25) is 4.79 Å². The molecular weight excluding hydrogens is 198 g/mol. The van der Waals surface area contributed by atoms with E-state index in [1.165, 1.54) is 0 Å². The van der Waals surface area contributed by atoms with Gasteiger partial charge in [0.25, 0.3) is 0 Å². The molecule has 0 N–H and O–H groups in total. The number of nitrogens with zero attached hydrogens (tertiary/aromatic N) is 1. The SMILES string of the molecule is CN(CCCCC(=O)C(C)(C)C)C(C)(C)C. The molecule has 0 saturated heterocycles.